The number of hydrogen-bond donors (Lipinski definition) is 1. The summed E-state index contributed by atoms with van der Waals surface area (Å²) < 4.78 is 2.99. The van der Waals surface area contributed by atoms with Crippen molar-refractivity contribution in [1.29, 1.82) is 0 Å². The largest absolute Gasteiger partial charge is 0.337 e. The molecule has 3 nitrogen and oxygen atoms in total. The molecule has 1 N–H and O–H groups in total. The van der Waals surface area contributed by atoms with Gasteiger partial charge >= 0.3 is 0 Å². The Bertz CT molecular complexity index is 561. The predicted molar refractivity (Wildman–Crippen MR) is 76.3 cm³/mol. The third-order valence-corrected chi connectivity index (χ3v) is 3.35. The molecule has 0 spiro atoms. The quantitative estimate of drug-likeness (QED) is 0.858. The Labute approximate surface area is 113 Å². The first-order valence-corrected chi connectivity index (χ1v) is 6.57. The van der Waals surface area contributed by atoms with Gasteiger partial charge in [-0.25, -0.2) is 0 Å². The number of aromatic nitrogens is 3. The Morgan fingerprint density at radius 3 is 2.56 bits per heavy atom. The van der Waals surface area contributed by atoms with E-state index >= 15 is 0 Å². The summed E-state index contributed by atoms with van der Waals surface area (Å²) in [5, 5.41) is 0. The third kappa shape index (κ3) is 2.88. The second-order valence-electron chi connectivity index (χ2n) is 5.49. The summed E-state index contributed by atoms with van der Waals surface area (Å²) in [6.07, 6.45) is 6.65. The summed E-state index contributed by atoms with van der Waals surface area (Å²) in [6.45, 7) is 7.51. The highest BCUT2D eigenvalue weighted by atomic mass is 32.1. The van der Waals surface area contributed by atoms with Gasteiger partial charge in [-0.1, -0.05) is 20.8 Å². The van der Waals surface area contributed by atoms with Crippen LogP contribution in [0.2, 0.25) is 0 Å². The molecule has 0 aliphatic heterocycles. The maximum absolute atomic E-state index is 5.35. The first kappa shape index (κ1) is 13.0. The van der Waals surface area contributed by atoms with Crippen molar-refractivity contribution in [2.24, 2.45) is 0 Å². The summed E-state index contributed by atoms with van der Waals surface area (Å²) in [5.74, 6) is 0. The summed E-state index contributed by atoms with van der Waals surface area (Å²) in [7, 11) is 0. The third-order valence-electron chi connectivity index (χ3n) is 3.01. The minimum atomic E-state index is 0.103. The molecule has 0 unspecified atom stereocenters. The Balaban J connectivity index is 2.20. The Morgan fingerprint density at radius 1 is 1.28 bits per heavy atom. The molecular formula is C14H19N3S. The first-order chi connectivity index (χ1) is 8.48. The molecule has 0 amide bonds. The highest BCUT2D eigenvalue weighted by Gasteiger charge is 2.18. The van der Waals surface area contributed by atoms with Crippen LogP contribution >= 0.6 is 12.2 Å². The monoisotopic (exact) mass is 261 g/mol. The number of pyridine rings is 1. The molecule has 18 heavy (non-hydrogen) atoms. The van der Waals surface area contributed by atoms with Crippen molar-refractivity contribution >= 4 is 12.2 Å². The molecule has 0 saturated heterocycles. The average Bonchev–Trinajstić information content (AvgIpc) is 2.69. The second kappa shape index (κ2) is 5.06. The lowest BCUT2D eigenvalue weighted by Crippen LogP contribution is -2.18. The van der Waals surface area contributed by atoms with Crippen LogP contribution in [0.25, 0.3) is 0 Å². The fraction of sp³-hybridized carbons (Fsp3) is 0.429. The van der Waals surface area contributed by atoms with E-state index in [0.29, 0.717) is 0 Å². The van der Waals surface area contributed by atoms with Crippen molar-refractivity contribution < 1.29 is 0 Å². The number of aromatic amines is 1. The van der Waals surface area contributed by atoms with Crippen LogP contribution in [0.4, 0.5) is 0 Å². The summed E-state index contributed by atoms with van der Waals surface area (Å²) in [6, 6.07) is 4.10. The molecule has 0 aromatic carbocycles. The molecule has 2 aromatic heterocycles. The fourth-order valence-electron chi connectivity index (χ4n) is 2.03. The molecule has 0 atom stereocenters. The summed E-state index contributed by atoms with van der Waals surface area (Å²) in [4.78, 5) is 7.18. The first-order valence-electron chi connectivity index (χ1n) is 6.16. The number of H-pyrrole nitrogens is 1. The van der Waals surface area contributed by atoms with Gasteiger partial charge in [-0.2, -0.15) is 0 Å². The minimum absolute atomic E-state index is 0.103. The van der Waals surface area contributed by atoms with E-state index in [-0.39, 0.29) is 5.41 Å². The number of nitrogens with one attached hydrogen (secondary N) is 1. The van der Waals surface area contributed by atoms with Gasteiger partial charge in [0, 0.05) is 36.2 Å². The van der Waals surface area contributed by atoms with Crippen LogP contribution in [0.5, 0.6) is 0 Å². The van der Waals surface area contributed by atoms with Crippen molar-refractivity contribution in [2.75, 3.05) is 0 Å². The van der Waals surface area contributed by atoms with E-state index in [9.17, 15) is 0 Å². The van der Waals surface area contributed by atoms with Crippen LogP contribution in [0, 0.1) is 4.77 Å². The van der Waals surface area contributed by atoms with Gasteiger partial charge in [0.15, 0.2) is 4.77 Å². The molecule has 2 aromatic rings. The van der Waals surface area contributed by atoms with Crippen molar-refractivity contribution in [2.45, 2.75) is 39.2 Å². The maximum Gasteiger partial charge on any atom is 0.177 e. The second-order valence-corrected chi connectivity index (χ2v) is 5.87. The maximum atomic E-state index is 5.35. The van der Waals surface area contributed by atoms with E-state index in [2.05, 4.69) is 35.3 Å². The lowest BCUT2D eigenvalue weighted by molar-refractivity contribution is 0.514. The van der Waals surface area contributed by atoms with E-state index in [0.717, 1.165) is 17.7 Å². The van der Waals surface area contributed by atoms with Crippen molar-refractivity contribution in [3.63, 3.8) is 0 Å². The van der Waals surface area contributed by atoms with Gasteiger partial charge in [0.2, 0.25) is 0 Å². The molecule has 0 saturated carbocycles. The SMILES string of the molecule is CC(C)(C)c1c[nH]c(=S)n1CCc1ccncc1. The molecule has 0 radical (unpaired) electrons. The van der Waals surface area contributed by atoms with Gasteiger partial charge in [0.1, 0.15) is 0 Å². The summed E-state index contributed by atoms with van der Waals surface area (Å²) >= 11 is 5.35. The zero-order valence-corrected chi connectivity index (χ0v) is 11.9. The highest BCUT2D eigenvalue weighted by molar-refractivity contribution is 7.71. The minimum Gasteiger partial charge on any atom is -0.337 e. The Hall–Kier alpha value is -1.42. The van der Waals surface area contributed by atoms with Crippen LogP contribution < -0.4 is 0 Å². The van der Waals surface area contributed by atoms with Gasteiger partial charge in [-0.15, -0.1) is 0 Å². The Kier molecular flexibility index (Phi) is 3.66. The van der Waals surface area contributed by atoms with E-state index in [1.807, 2.05) is 30.7 Å². The lowest BCUT2D eigenvalue weighted by Gasteiger charge is -2.20. The molecular weight excluding hydrogens is 242 g/mol. The van der Waals surface area contributed by atoms with Crippen LogP contribution in [0.3, 0.4) is 0 Å². The molecule has 2 rings (SSSR count). The van der Waals surface area contributed by atoms with Crippen LogP contribution in [-0.2, 0) is 18.4 Å². The molecule has 4 heteroatoms. The topological polar surface area (TPSA) is 33.6 Å². The van der Waals surface area contributed by atoms with Crippen molar-refractivity contribution in [1.82, 2.24) is 14.5 Å². The van der Waals surface area contributed by atoms with Crippen LogP contribution in [0.1, 0.15) is 32.0 Å². The number of imidazole rings is 1. The van der Waals surface area contributed by atoms with Gasteiger partial charge in [-0.05, 0) is 36.3 Å². The van der Waals surface area contributed by atoms with Gasteiger partial charge in [0.05, 0.1) is 0 Å². The predicted octanol–water partition coefficient (Wildman–Crippen LogP) is 3.48. The van der Waals surface area contributed by atoms with Crippen molar-refractivity contribution in [3.8, 4) is 0 Å². The fourth-order valence-corrected chi connectivity index (χ4v) is 2.28. The zero-order chi connectivity index (χ0) is 13.2. The highest BCUT2D eigenvalue weighted by Crippen LogP contribution is 2.22. The normalized spacial score (nSPS) is 11.7. The van der Waals surface area contributed by atoms with Gasteiger partial charge in [-0.3, -0.25) is 4.98 Å². The molecule has 0 fully saturated rings. The van der Waals surface area contributed by atoms with E-state index in [1.165, 1.54) is 11.3 Å². The van der Waals surface area contributed by atoms with E-state index in [4.69, 9.17) is 12.2 Å². The average molecular weight is 261 g/mol. The van der Waals surface area contributed by atoms with E-state index in [1.54, 1.807) is 0 Å². The van der Waals surface area contributed by atoms with E-state index < -0.39 is 0 Å². The lowest BCUT2D eigenvalue weighted by atomic mass is 9.92. The van der Waals surface area contributed by atoms with Crippen LogP contribution in [0.15, 0.2) is 30.7 Å². The number of nitrogens with zero attached hydrogens (tertiary/aromatic N) is 2. The summed E-state index contributed by atoms with van der Waals surface area (Å²) in [5.41, 5.74) is 2.64. The Morgan fingerprint density at radius 2 is 1.94 bits per heavy atom. The standard InChI is InChI=1S/C14H19N3S/c1-14(2,3)12-10-16-13(18)17(12)9-6-11-4-7-15-8-5-11/h4-5,7-8,10H,6,9H2,1-3H3,(H,16,18). The molecule has 0 bridgehead atoms. The molecule has 0 aliphatic rings. The van der Waals surface area contributed by atoms with Gasteiger partial charge in [0.25, 0.3) is 0 Å². The smallest absolute Gasteiger partial charge is 0.177 e. The number of aryl methyl sites for hydroxylation is 1. The zero-order valence-electron chi connectivity index (χ0n) is 11.1. The molecule has 2 heterocycles. The van der Waals surface area contributed by atoms with Gasteiger partial charge < -0.3 is 9.55 Å². The number of rotatable bonds is 3. The molecule has 96 valence electrons. The number of hydrogen-bond acceptors (Lipinski definition) is 2. The molecule has 0 aliphatic carbocycles. The van der Waals surface area contributed by atoms with Crippen LogP contribution in [-0.4, -0.2) is 14.5 Å². The van der Waals surface area contributed by atoms with Crippen molar-refractivity contribution in [3.05, 3.63) is 46.8 Å².